The minimum Gasteiger partial charge on any atom is -0.343 e. The Bertz CT molecular complexity index is 333. The minimum absolute atomic E-state index is 0.0235. The Morgan fingerprint density at radius 1 is 1.25 bits per heavy atom. The van der Waals surface area contributed by atoms with Gasteiger partial charge in [0.25, 0.3) is 0 Å². The largest absolute Gasteiger partial charge is 0.391 e. The summed E-state index contributed by atoms with van der Waals surface area (Å²) < 4.78 is 38.0. The van der Waals surface area contributed by atoms with E-state index in [1.54, 1.807) is 0 Å². The highest BCUT2D eigenvalue weighted by Gasteiger charge is 2.41. The molecule has 1 N–H and O–H groups in total. The van der Waals surface area contributed by atoms with Crippen molar-refractivity contribution in [3.05, 3.63) is 0 Å². The summed E-state index contributed by atoms with van der Waals surface area (Å²) in [5, 5.41) is 3.22. The zero-order valence-electron chi connectivity index (χ0n) is 11.7. The van der Waals surface area contributed by atoms with Gasteiger partial charge in [-0.15, -0.1) is 0 Å². The van der Waals surface area contributed by atoms with Crippen LogP contribution in [0.15, 0.2) is 0 Å². The summed E-state index contributed by atoms with van der Waals surface area (Å²) in [6.07, 6.45) is 0.282. The molecule has 3 nitrogen and oxygen atoms in total. The molecule has 1 saturated heterocycles. The molecule has 0 bridgehead atoms. The summed E-state index contributed by atoms with van der Waals surface area (Å²) in [5.74, 6) is -0.936. The van der Waals surface area contributed by atoms with Gasteiger partial charge in [-0.05, 0) is 38.6 Å². The molecule has 0 aromatic carbocycles. The topological polar surface area (TPSA) is 32.3 Å². The zero-order chi connectivity index (χ0) is 14.6. The molecule has 0 aromatic heterocycles. The van der Waals surface area contributed by atoms with E-state index < -0.39 is 12.1 Å². The van der Waals surface area contributed by atoms with Crippen molar-refractivity contribution in [1.82, 2.24) is 10.2 Å². The first-order valence-corrected chi connectivity index (χ1v) is 7.54. The van der Waals surface area contributed by atoms with E-state index in [1.807, 2.05) is 4.90 Å². The monoisotopic (exact) mass is 292 g/mol. The molecule has 6 heteroatoms. The molecular formula is C14H23F3N2O. The molecule has 2 fully saturated rings. The number of hydrogen-bond donors (Lipinski definition) is 1. The van der Waals surface area contributed by atoms with Crippen molar-refractivity contribution in [3.8, 4) is 0 Å². The van der Waals surface area contributed by atoms with E-state index in [1.165, 1.54) is 0 Å². The van der Waals surface area contributed by atoms with E-state index in [2.05, 4.69) is 5.32 Å². The predicted octanol–water partition coefficient (Wildman–Crippen LogP) is 2.71. The summed E-state index contributed by atoms with van der Waals surface area (Å²) >= 11 is 0. The number of rotatable bonds is 5. The summed E-state index contributed by atoms with van der Waals surface area (Å²) in [6, 6.07) is -0.0235. The standard InChI is InChI=1S/C14H23F3N2O/c15-14(16,17)11-4-1-5-12(10-11)18-7-3-9-19-8-2-6-13(19)20/h11-12,18H,1-10H2/t11-,12+/m1/s1. The summed E-state index contributed by atoms with van der Waals surface area (Å²) in [6.45, 7) is 2.25. The van der Waals surface area contributed by atoms with Crippen molar-refractivity contribution >= 4 is 5.91 Å². The van der Waals surface area contributed by atoms with E-state index in [0.29, 0.717) is 19.4 Å². The predicted molar refractivity (Wildman–Crippen MR) is 70.2 cm³/mol. The molecule has 0 aromatic rings. The van der Waals surface area contributed by atoms with Crippen LogP contribution >= 0.6 is 0 Å². The second-order valence-corrected chi connectivity index (χ2v) is 5.89. The average Bonchev–Trinajstić information content (AvgIpc) is 2.80. The maximum Gasteiger partial charge on any atom is 0.391 e. The van der Waals surface area contributed by atoms with Gasteiger partial charge in [0.15, 0.2) is 0 Å². The number of nitrogens with zero attached hydrogens (tertiary/aromatic N) is 1. The second kappa shape index (κ2) is 6.78. The number of carbonyl (C=O) groups excluding carboxylic acids is 1. The first kappa shape index (κ1) is 15.6. The van der Waals surface area contributed by atoms with Crippen LogP contribution in [0.4, 0.5) is 13.2 Å². The van der Waals surface area contributed by atoms with Crippen LogP contribution in [0.25, 0.3) is 0 Å². The van der Waals surface area contributed by atoms with Crippen LogP contribution in [-0.4, -0.2) is 42.7 Å². The molecule has 116 valence electrons. The number of carbonyl (C=O) groups is 1. The number of alkyl halides is 3. The van der Waals surface area contributed by atoms with Gasteiger partial charge in [-0.3, -0.25) is 4.79 Å². The Morgan fingerprint density at radius 2 is 2.05 bits per heavy atom. The number of amides is 1. The molecular weight excluding hydrogens is 269 g/mol. The summed E-state index contributed by atoms with van der Waals surface area (Å²) in [5.41, 5.74) is 0. The molecule has 1 saturated carbocycles. The van der Waals surface area contributed by atoms with Gasteiger partial charge in [-0.1, -0.05) is 6.42 Å². The first-order chi connectivity index (χ1) is 9.47. The van der Waals surface area contributed by atoms with Gasteiger partial charge in [-0.2, -0.15) is 13.2 Å². The van der Waals surface area contributed by atoms with E-state index in [0.717, 1.165) is 32.4 Å². The van der Waals surface area contributed by atoms with Crippen molar-refractivity contribution in [1.29, 1.82) is 0 Å². The molecule has 1 aliphatic heterocycles. The molecule has 0 unspecified atom stereocenters. The summed E-state index contributed by atoms with van der Waals surface area (Å²) in [4.78, 5) is 13.3. The molecule has 1 amide bonds. The lowest BCUT2D eigenvalue weighted by atomic mass is 9.85. The highest BCUT2D eigenvalue weighted by Crippen LogP contribution is 2.37. The number of nitrogens with one attached hydrogen (secondary N) is 1. The van der Waals surface area contributed by atoms with Crippen molar-refractivity contribution in [3.63, 3.8) is 0 Å². The van der Waals surface area contributed by atoms with Crippen molar-refractivity contribution in [2.75, 3.05) is 19.6 Å². The fraction of sp³-hybridized carbons (Fsp3) is 0.929. The summed E-state index contributed by atoms with van der Waals surface area (Å²) in [7, 11) is 0. The normalized spacial score (nSPS) is 28.1. The second-order valence-electron chi connectivity index (χ2n) is 5.89. The molecule has 20 heavy (non-hydrogen) atoms. The maximum absolute atomic E-state index is 12.7. The van der Waals surface area contributed by atoms with Crippen LogP contribution in [0.5, 0.6) is 0 Å². The van der Waals surface area contributed by atoms with Crippen LogP contribution in [-0.2, 0) is 4.79 Å². The van der Waals surface area contributed by atoms with Gasteiger partial charge in [0.05, 0.1) is 5.92 Å². The highest BCUT2D eigenvalue weighted by atomic mass is 19.4. The fourth-order valence-corrected chi connectivity index (χ4v) is 3.19. The third-order valence-corrected chi connectivity index (χ3v) is 4.35. The Labute approximate surface area is 117 Å². The lowest BCUT2D eigenvalue weighted by Crippen LogP contribution is -2.39. The highest BCUT2D eigenvalue weighted by molar-refractivity contribution is 5.77. The molecule has 2 aliphatic rings. The zero-order valence-corrected chi connectivity index (χ0v) is 11.7. The Morgan fingerprint density at radius 3 is 2.70 bits per heavy atom. The maximum atomic E-state index is 12.7. The van der Waals surface area contributed by atoms with Crippen molar-refractivity contribution < 1.29 is 18.0 Å². The molecule has 0 radical (unpaired) electrons. The number of hydrogen-bond acceptors (Lipinski definition) is 2. The third-order valence-electron chi connectivity index (χ3n) is 4.35. The van der Waals surface area contributed by atoms with Gasteiger partial charge in [0.1, 0.15) is 0 Å². The van der Waals surface area contributed by atoms with E-state index >= 15 is 0 Å². The van der Waals surface area contributed by atoms with Crippen molar-refractivity contribution in [2.24, 2.45) is 5.92 Å². The minimum atomic E-state index is -4.05. The van der Waals surface area contributed by atoms with Crippen LogP contribution in [0.1, 0.15) is 44.9 Å². The lowest BCUT2D eigenvalue weighted by molar-refractivity contribution is -0.183. The quantitative estimate of drug-likeness (QED) is 0.790. The van der Waals surface area contributed by atoms with E-state index in [9.17, 15) is 18.0 Å². The Hall–Kier alpha value is -0.780. The van der Waals surface area contributed by atoms with E-state index in [-0.39, 0.29) is 24.8 Å². The first-order valence-electron chi connectivity index (χ1n) is 7.54. The van der Waals surface area contributed by atoms with E-state index in [4.69, 9.17) is 0 Å². The lowest BCUT2D eigenvalue weighted by Gasteiger charge is -2.31. The van der Waals surface area contributed by atoms with Gasteiger partial charge in [-0.25, -0.2) is 0 Å². The van der Waals surface area contributed by atoms with Crippen LogP contribution in [0.2, 0.25) is 0 Å². The Kier molecular flexibility index (Phi) is 5.29. The molecule has 0 spiro atoms. The van der Waals surface area contributed by atoms with Crippen LogP contribution in [0, 0.1) is 5.92 Å². The third kappa shape index (κ3) is 4.36. The average molecular weight is 292 g/mol. The van der Waals surface area contributed by atoms with Gasteiger partial charge in [0, 0.05) is 25.6 Å². The van der Waals surface area contributed by atoms with Crippen LogP contribution < -0.4 is 5.32 Å². The van der Waals surface area contributed by atoms with Gasteiger partial charge in [0.2, 0.25) is 5.91 Å². The molecule has 2 rings (SSSR count). The molecule has 2 atom stereocenters. The smallest absolute Gasteiger partial charge is 0.343 e. The van der Waals surface area contributed by atoms with Gasteiger partial charge >= 0.3 is 6.18 Å². The van der Waals surface area contributed by atoms with Gasteiger partial charge < -0.3 is 10.2 Å². The Balaban J connectivity index is 1.63. The van der Waals surface area contributed by atoms with Crippen LogP contribution in [0.3, 0.4) is 0 Å². The molecule has 1 aliphatic carbocycles. The number of halogens is 3. The SMILES string of the molecule is O=C1CCCN1CCCN[C@H]1CCC[C@@H](C(F)(F)F)C1. The van der Waals surface area contributed by atoms with Crippen molar-refractivity contribution in [2.45, 2.75) is 57.2 Å². The fourth-order valence-electron chi connectivity index (χ4n) is 3.19. The number of likely N-dealkylation sites (tertiary alicyclic amines) is 1. The molecule has 1 heterocycles.